The summed E-state index contributed by atoms with van der Waals surface area (Å²) in [6.45, 7) is 2.13. The number of anilines is 2. The highest BCUT2D eigenvalue weighted by Crippen LogP contribution is 2.36. The van der Waals surface area contributed by atoms with Crippen LogP contribution in [0.5, 0.6) is 11.5 Å². The summed E-state index contributed by atoms with van der Waals surface area (Å²) >= 11 is 0. The number of rotatable bonds is 4. The zero-order valence-corrected chi connectivity index (χ0v) is 13.2. The second kappa shape index (κ2) is 6.20. The summed E-state index contributed by atoms with van der Waals surface area (Å²) in [6, 6.07) is 13.0. The number of carbonyl (C=O) groups excluding carboxylic acids is 1. The van der Waals surface area contributed by atoms with Crippen LogP contribution in [0.15, 0.2) is 42.5 Å². The first-order valence-electron chi connectivity index (χ1n) is 7.68. The first-order chi connectivity index (χ1) is 11.1. The van der Waals surface area contributed by atoms with E-state index in [2.05, 4.69) is 12.2 Å². The van der Waals surface area contributed by atoms with E-state index in [1.807, 2.05) is 36.4 Å². The molecule has 0 spiro atoms. The Hall–Kier alpha value is -2.69. The second-order valence-corrected chi connectivity index (χ2v) is 5.59. The van der Waals surface area contributed by atoms with Crippen molar-refractivity contribution in [3.05, 3.63) is 48.0 Å². The molecule has 1 heterocycles. The topological polar surface area (TPSA) is 61.8 Å². The molecule has 23 heavy (non-hydrogen) atoms. The quantitative estimate of drug-likeness (QED) is 0.909. The minimum Gasteiger partial charge on any atom is -0.508 e. The predicted octanol–water partition coefficient (Wildman–Crippen LogP) is 3.31. The fourth-order valence-electron chi connectivity index (χ4n) is 2.75. The molecule has 1 atom stereocenters. The highest BCUT2D eigenvalue weighted by atomic mass is 16.5. The number of aromatic hydroxyl groups is 1. The molecule has 2 aromatic rings. The third kappa shape index (κ3) is 2.95. The van der Waals surface area contributed by atoms with Crippen LogP contribution in [0.3, 0.4) is 0 Å². The summed E-state index contributed by atoms with van der Waals surface area (Å²) in [4.78, 5) is 13.4. The molecule has 0 bridgehead atoms. The Morgan fingerprint density at radius 1 is 1.30 bits per heavy atom. The van der Waals surface area contributed by atoms with Gasteiger partial charge in [0, 0.05) is 18.3 Å². The molecule has 3 rings (SSSR count). The number of benzene rings is 2. The number of phenols is 1. The minimum atomic E-state index is -0.0672. The van der Waals surface area contributed by atoms with Gasteiger partial charge in [0.05, 0.1) is 11.7 Å². The lowest BCUT2D eigenvalue weighted by molar-refractivity contribution is -0.120. The van der Waals surface area contributed by atoms with E-state index in [1.165, 1.54) is 0 Å². The van der Waals surface area contributed by atoms with Crippen molar-refractivity contribution in [2.24, 2.45) is 0 Å². The fourth-order valence-corrected chi connectivity index (χ4v) is 2.75. The van der Waals surface area contributed by atoms with E-state index < -0.39 is 0 Å². The third-order valence-corrected chi connectivity index (χ3v) is 4.11. The van der Waals surface area contributed by atoms with Crippen molar-refractivity contribution in [3.8, 4) is 11.5 Å². The Labute approximate surface area is 135 Å². The largest absolute Gasteiger partial charge is 0.508 e. The molecule has 1 aliphatic heterocycles. The first-order valence-corrected chi connectivity index (χ1v) is 7.68. The van der Waals surface area contributed by atoms with Crippen LogP contribution in [0.1, 0.15) is 24.9 Å². The van der Waals surface area contributed by atoms with Gasteiger partial charge in [-0.25, -0.2) is 0 Å². The molecule has 2 aromatic carbocycles. The van der Waals surface area contributed by atoms with Crippen LogP contribution >= 0.6 is 0 Å². The maximum atomic E-state index is 11.8. The van der Waals surface area contributed by atoms with Gasteiger partial charge in [-0.05, 0) is 30.7 Å². The van der Waals surface area contributed by atoms with Gasteiger partial charge in [-0.1, -0.05) is 25.1 Å². The summed E-state index contributed by atoms with van der Waals surface area (Å²) in [6.07, 6.45) is 0.819. The van der Waals surface area contributed by atoms with Gasteiger partial charge in [-0.15, -0.1) is 0 Å². The van der Waals surface area contributed by atoms with E-state index in [9.17, 15) is 9.90 Å². The molecule has 0 radical (unpaired) electrons. The minimum absolute atomic E-state index is 0.0141. The van der Waals surface area contributed by atoms with Crippen molar-refractivity contribution in [2.75, 3.05) is 23.9 Å². The zero-order valence-electron chi connectivity index (χ0n) is 13.2. The normalized spacial score (nSPS) is 14.9. The molecule has 5 nitrogen and oxygen atoms in total. The van der Waals surface area contributed by atoms with Crippen molar-refractivity contribution in [1.29, 1.82) is 0 Å². The van der Waals surface area contributed by atoms with Crippen molar-refractivity contribution >= 4 is 17.3 Å². The Morgan fingerprint density at radius 3 is 2.83 bits per heavy atom. The summed E-state index contributed by atoms with van der Waals surface area (Å²) < 4.78 is 5.44. The van der Waals surface area contributed by atoms with Gasteiger partial charge in [-0.3, -0.25) is 4.79 Å². The summed E-state index contributed by atoms with van der Waals surface area (Å²) in [5.74, 6) is 0.913. The number of hydrogen-bond acceptors (Lipinski definition) is 4. The number of likely N-dealkylation sites (N-methyl/N-ethyl adjacent to an activating group) is 1. The van der Waals surface area contributed by atoms with Crippen LogP contribution in [0.2, 0.25) is 0 Å². The number of carbonyl (C=O) groups is 1. The van der Waals surface area contributed by atoms with Crippen LogP contribution in [0.25, 0.3) is 0 Å². The maximum absolute atomic E-state index is 11.8. The van der Waals surface area contributed by atoms with Gasteiger partial charge in [0.2, 0.25) is 0 Å². The summed E-state index contributed by atoms with van der Waals surface area (Å²) in [5.41, 5.74) is 2.48. The van der Waals surface area contributed by atoms with Gasteiger partial charge in [0.25, 0.3) is 5.91 Å². The molecule has 0 aromatic heterocycles. The number of fused-ring (bicyclic) bond motifs is 1. The first kappa shape index (κ1) is 15.2. The average molecular weight is 312 g/mol. The molecule has 0 saturated heterocycles. The zero-order chi connectivity index (χ0) is 16.4. The third-order valence-electron chi connectivity index (χ3n) is 4.11. The number of phenolic OH excluding ortho intramolecular Hbond substituents is 1. The van der Waals surface area contributed by atoms with Gasteiger partial charge < -0.3 is 20.1 Å². The fraction of sp³-hybridized carbons (Fsp3) is 0.278. The van der Waals surface area contributed by atoms with Gasteiger partial charge in [-0.2, -0.15) is 0 Å². The molecule has 0 unspecified atom stereocenters. The molecule has 2 N–H and O–H groups in total. The number of nitrogens with zero attached hydrogens (tertiary/aromatic N) is 1. The predicted molar refractivity (Wildman–Crippen MR) is 90.1 cm³/mol. The molecular formula is C18H20N2O3. The van der Waals surface area contributed by atoms with Crippen molar-refractivity contribution in [1.82, 2.24) is 0 Å². The van der Waals surface area contributed by atoms with Crippen molar-refractivity contribution in [3.63, 3.8) is 0 Å². The Kier molecular flexibility index (Phi) is 4.10. The Bertz CT molecular complexity index is 730. The van der Waals surface area contributed by atoms with E-state index in [4.69, 9.17) is 4.74 Å². The second-order valence-electron chi connectivity index (χ2n) is 5.59. The standard InChI is InChI=1S/C18H20N2O3/c1-3-14(13-6-4-5-7-16(13)21)19-12-8-9-17-15(10-12)20(2)18(22)11-23-17/h4-10,14,19,21H,3,11H2,1-2H3/t14-/m0/s1. The Balaban J connectivity index is 1.88. The van der Waals surface area contributed by atoms with Crippen LogP contribution in [0, 0.1) is 0 Å². The maximum Gasteiger partial charge on any atom is 0.264 e. The molecule has 5 heteroatoms. The number of ether oxygens (including phenoxy) is 1. The number of nitrogens with one attached hydrogen (secondary N) is 1. The lowest BCUT2D eigenvalue weighted by Crippen LogP contribution is -2.35. The SMILES string of the molecule is CC[C@H](Nc1ccc2c(c1)N(C)C(=O)CO2)c1ccccc1O. The van der Waals surface area contributed by atoms with E-state index >= 15 is 0 Å². The summed E-state index contributed by atoms with van der Waals surface area (Å²) in [7, 11) is 1.74. The lowest BCUT2D eigenvalue weighted by atomic mass is 10.0. The van der Waals surface area contributed by atoms with Crippen molar-refractivity contribution < 1.29 is 14.6 Å². The van der Waals surface area contributed by atoms with Crippen LogP contribution in [-0.4, -0.2) is 24.7 Å². The Morgan fingerprint density at radius 2 is 2.09 bits per heavy atom. The molecule has 1 amide bonds. The highest BCUT2D eigenvalue weighted by Gasteiger charge is 2.23. The van der Waals surface area contributed by atoms with Gasteiger partial charge in [0.15, 0.2) is 6.61 Å². The van der Waals surface area contributed by atoms with E-state index in [-0.39, 0.29) is 24.3 Å². The monoisotopic (exact) mass is 312 g/mol. The summed E-state index contributed by atoms with van der Waals surface area (Å²) in [5, 5.41) is 13.5. The van der Waals surface area contributed by atoms with Crippen LogP contribution < -0.4 is 15.0 Å². The van der Waals surface area contributed by atoms with Crippen LogP contribution in [-0.2, 0) is 4.79 Å². The number of hydrogen-bond donors (Lipinski definition) is 2. The molecule has 0 fully saturated rings. The van der Waals surface area contributed by atoms with Crippen LogP contribution in [0.4, 0.5) is 11.4 Å². The molecular weight excluding hydrogens is 292 g/mol. The number of para-hydroxylation sites is 1. The highest BCUT2D eigenvalue weighted by molar-refractivity contribution is 5.97. The molecule has 0 saturated carbocycles. The van der Waals surface area contributed by atoms with Gasteiger partial charge in [0.1, 0.15) is 11.5 Å². The lowest BCUT2D eigenvalue weighted by Gasteiger charge is -2.27. The van der Waals surface area contributed by atoms with E-state index in [1.54, 1.807) is 18.0 Å². The molecule has 0 aliphatic carbocycles. The van der Waals surface area contributed by atoms with E-state index in [0.717, 1.165) is 23.4 Å². The van der Waals surface area contributed by atoms with E-state index in [0.29, 0.717) is 5.75 Å². The average Bonchev–Trinajstić information content (AvgIpc) is 2.57. The smallest absolute Gasteiger partial charge is 0.264 e. The molecule has 120 valence electrons. The van der Waals surface area contributed by atoms with Gasteiger partial charge >= 0.3 is 0 Å². The number of amides is 1. The molecule has 1 aliphatic rings. The van der Waals surface area contributed by atoms with Crippen molar-refractivity contribution in [2.45, 2.75) is 19.4 Å².